The van der Waals surface area contributed by atoms with Crippen LogP contribution in [0.25, 0.3) is 0 Å². The van der Waals surface area contributed by atoms with Gasteiger partial charge in [0, 0.05) is 48.4 Å². The zero-order chi connectivity index (χ0) is 15.1. The quantitative estimate of drug-likeness (QED) is 0.767. The van der Waals surface area contributed by atoms with Gasteiger partial charge in [-0.3, -0.25) is 9.00 Å². The van der Waals surface area contributed by atoms with Crippen molar-refractivity contribution < 1.29 is 18.9 Å². The number of carbonyl (C=O) groups is 2. The molecule has 0 aromatic carbocycles. The van der Waals surface area contributed by atoms with Crippen LogP contribution in [-0.2, 0) is 15.6 Å². The lowest BCUT2D eigenvalue weighted by Gasteiger charge is -2.32. The molecule has 0 aromatic rings. The van der Waals surface area contributed by atoms with Gasteiger partial charge in [-0.05, 0) is 25.2 Å². The first-order valence-electron chi connectivity index (χ1n) is 6.97. The molecule has 0 saturated carbocycles. The van der Waals surface area contributed by atoms with Crippen LogP contribution in [0, 0.1) is 5.92 Å². The number of rotatable bonds is 6. The Kier molecular flexibility index (Phi) is 6.98. The molecule has 1 heterocycles. The van der Waals surface area contributed by atoms with Crippen molar-refractivity contribution in [2.75, 3.05) is 25.9 Å². The molecule has 0 radical (unpaired) electrons. The van der Waals surface area contributed by atoms with Crippen LogP contribution in [0.15, 0.2) is 0 Å². The van der Waals surface area contributed by atoms with Crippen LogP contribution in [0.1, 0.15) is 32.6 Å². The molecule has 1 rings (SSSR count). The number of carboxylic acids is 1. The average Bonchev–Trinajstić information content (AvgIpc) is 2.37. The topological polar surface area (TPSA) is 86.7 Å². The molecule has 20 heavy (non-hydrogen) atoms. The second-order valence-corrected chi connectivity index (χ2v) is 7.18. The highest BCUT2D eigenvalue weighted by molar-refractivity contribution is 7.84. The van der Waals surface area contributed by atoms with E-state index in [0.29, 0.717) is 26.1 Å². The molecule has 1 saturated heterocycles. The monoisotopic (exact) mass is 304 g/mol. The Morgan fingerprint density at radius 2 is 2.20 bits per heavy atom. The van der Waals surface area contributed by atoms with Crippen LogP contribution in [-0.4, -0.2) is 57.4 Å². The van der Waals surface area contributed by atoms with Gasteiger partial charge >= 0.3 is 12.0 Å². The standard InChI is InChI=1S/C13H24N2O4S/c1-10(20(2)19)5-6-14-13(18)15-7-3-4-11(9-15)8-12(16)17/h10-11H,3-9H2,1-2H3,(H,14,18)(H,16,17). The van der Waals surface area contributed by atoms with Crippen LogP contribution in [0.3, 0.4) is 0 Å². The molecule has 0 spiro atoms. The Bertz CT molecular complexity index is 375. The Morgan fingerprint density at radius 3 is 2.80 bits per heavy atom. The van der Waals surface area contributed by atoms with E-state index >= 15 is 0 Å². The van der Waals surface area contributed by atoms with Crippen molar-refractivity contribution in [2.24, 2.45) is 5.92 Å². The molecule has 3 atom stereocenters. The lowest BCUT2D eigenvalue weighted by atomic mass is 9.95. The van der Waals surface area contributed by atoms with Crippen LogP contribution in [0.4, 0.5) is 4.79 Å². The Balaban J connectivity index is 2.32. The fourth-order valence-corrected chi connectivity index (χ4v) is 2.77. The molecule has 3 unspecified atom stereocenters. The summed E-state index contributed by atoms with van der Waals surface area (Å²) in [7, 11) is -0.872. The van der Waals surface area contributed by atoms with Gasteiger partial charge in [0.25, 0.3) is 0 Å². The summed E-state index contributed by atoms with van der Waals surface area (Å²) < 4.78 is 11.2. The van der Waals surface area contributed by atoms with E-state index in [9.17, 15) is 13.8 Å². The lowest BCUT2D eigenvalue weighted by molar-refractivity contribution is -0.138. The van der Waals surface area contributed by atoms with Gasteiger partial charge in [0.1, 0.15) is 0 Å². The zero-order valence-corrected chi connectivity index (χ0v) is 12.9. The summed E-state index contributed by atoms with van der Waals surface area (Å²) in [5.41, 5.74) is 0. The molecule has 1 aliphatic heterocycles. The highest BCUT2D eigenvalue weighted by atomic mass is 32.2. The SMILES string of the molecule is CC(CCNC(=O)N1CCCC(CC(=O)O)C1)S(C)=O. The third-order valence-electron chi connectivity index (χ3n) is 3.66. The van der Waals surface area contributed by atoms with Crippen molar-refractivity contribution in [2.45, 2.75) is 37.9 Å². The molecular formula is C13H24N2O4S. The number of urea groups is 1. The first-order chi connectivity index (χ1) is 9.40. The molecular weight excluding hydrogens is 280 g/mol. The fraction of sp³-hybridized carbons (Fsp3) is 0.846. The van der Waals surface area contributed by atoms with E-state index in [4.69, 9.17) is 5.11 Å². The number of amides is 2. The van der Waals surface area contributed by atoms with E-state index < -0.39 is 16.8 Å². The number of piperidine rings is 1. The normalized spacial score (nSPS) is 22.1. The van der Waals surface area contributed by atoms with Crippen molar-refractivity contribution in [3.8, 4) is 0 Å². The minimum absolute atomic E-state index is 0.0501. The first-order valence-corrected chi connectivity index (χ1v) is 8.59. The van der Waals surface area contributed by atoms with Crippen molar-refractivity contribution in [1.29, 1.82) is 0 Å². The molecule has 2 N–H and O–H groups in total. The van der Waals surface area contributed by atoms with Crippen LogP contribution < -0.4 is 5.32 Å². The third-order valence-corrected chi connectivity index (χ3v) is 5.03. The summed E-state index contributed by atoms with van der Waals surface area (Å²) >= 11 is 0. The largest absolute Gasteiger partial charge is 0.481 e. The van der Waals surface area contributed by atoms with E-state index in [1.165, 1.54) is 0 Å². The third kappa shape index (κ3) is 5.90. The number of hydrogen-bond donors (Lipinski definition) is 2. The van der Waals surface area contributed by atoms with E-state index in [1.807, 2.05) is 6.92 Å². The number of likely N-dealkylation sites (tertiary alicyclic amines) is 1. The highest BCUT2D eigenvalue weighted by Crippen LogP contribution is 2.19. The predicted octanol–water partition coefficient (Wildman–Crippen LogP) is 1.04. The fourth-order valence-electron chi connectivity index (χ4n) is 2.32. The Hall–Kier alpha value is -1.11. The minimum Gasteiger partial charge on any atom is -0.481 e. The van der Waals surface area contributed by atoms with Crippen LogP contribution in [0.2, 0.25) is 0 Å². The molecule has 1 aliphatic rings. The number of carboxylic acid groups (broad SMARTS) is 1. The Morgan fingerprint density at radius 1 is 1.50 bits per heavy atom. The molecule has 116 valence electrons. The lowest BCUT2D eigenvalue weighted by Crippen LogP contribution is -2.46. The van der Waals surface area contributed by atoms with Gasteiger partial charge in [-0.1, -0.05) is 6.92 Å². The molecule has 7 heteroatoms. The van der Waals surface area contributed by atoms with E-state index in [-0.39, 0.29) is 23.6 Å². The van der Waals surface area contributed by atoms with Crippen molar-refractivity contribution in [1.82, 2.24) is 10.2 Å². The summed E-state index contributed by atoms with van der Waals surface area (Å²) in [6.07, 6.45) is 4.17. The van der Waals surface area contributed by atoms with Crippen molar-refractivity contribution >= 4 is 22.8 Å². The summed E-state index contributed by atoms with van der Waals surface area (Å²) in [5.74, 6) is -0.759. The Labute approximate surface area is 122 Å². The molecule has 0 aliphatic carbocycles. The van der Waals surface area contributed by atoms with Gasteiger partial charge in [-0.2, -0.15) is 0 Å². The smallest absolute Gasteiger partial charge is 0.317 e. The second kappa shape index (κ2) is 8.24. The van der Waals surface area contributed by atoms with Crippen molar-refractivity contribution in [3.63, 3.8) is 0 Å². The molecule has 0 aromatic heterocycles. The molecule has 0 bridgehead atoms. The summed E-state index contributed by atoms with van der Waals surface area (Å²) in [6, 6.07) is -0.144. The first kappa shape index (κ1) is 16.9. The number of aliphatic carboxylic acids is 1. The summed E-state index contributed by atoms with van der Waals surface area (Å²) in [6.45, 7) is 3.58. The molecule has 2 amide bonds. The van der Waals surface area contributed by atoms with Gasteiger partial charge in [-0.25, -0.2) is 4.79 Å². The van der Waals surface area contributed by atoms with E-state index in [0.717, 1.165) is 12.8 Å². The van der Waals surface area contributed by atoms with Gasteiger partial charge in [0.15, 0.2) is 0 Å². The maximum absolute atomic E-state index is 12.0. The summed E-state index contributed by atoms with van der Waals surface area (Å²) in [5, 5.41) is 11.7. The highest BCUT2D eigenvalue weighted by Gasteiger charge is 2.25. The van der Waals surface area contributed by atoms with Gasteiger partial charge in [-0.15, -0.1) is 0 Å². The minimum atomic E-state index is -0.872. The molecule has 6 nitrogen and oxygen atoms in total. The average molecular weight is 304 g/mol. The predicted molar refractivity (Wildman–Crippen MR) is 78.1 cm³/mol. The number of hydrogen-bond acceptors (Lipinski definition) is 3. The maximum atomic E-state index is 12.0. The van der Waals surface area contributed by atoms with Gasteiger partial charge in [0.05, 0.1) is 0 Å². The number of nitrogens with zero attached hydrogens (tertiary/aromatic N) is 1. The van der Waals surface area contributed by atoms with Gasteiger partial charge < -0.3 is 15.3 Å². The number of carbonyl (C=O) groups excluding carboxylic acids is 1. The van der Waals surface area contributed by atoms with E-state index in [1.54, 1.807) is 11.2 Å². The van der Waals surface area contributed by atoms with Gasteiger partial charge in [0.2, 0.25) is 0 Å². The zero-order valence-electron chi connectivity index (χ0n) is 12.1. The number of nitrogens with one attached hydrogen (secondary N) is 1. The maximum Gasteiger partial charge on any atom is 0.317 e. The van der Waals surface area contributed by atoms with E-state index in [2.05, 4.69) is 5.32 Å². The van der Waals surface area contributed by atoms with Crippen LogP contribution in [0.5, 0.6) is 0 Å². The molecule has 1 fully saturated rings. The van der Waals surface area contributed by atoms with Crippen molar-refractivity contribution in [3.05, 3.63) is 0 Å². The summed E-state index contributed by atoms with van der Waals surface area (Å²) in [4.78, 5) is 24.4. The van der Waals surface area contributed by atoms with Crippen LogP contribution >= 0.6 is 0 Å². The second-order valence-electron chi connectivity index (χ2n) is 5.38.